The summed E-state index contributed by atoms with van der Waals surface area (Å²) in [6, 6.07) is -0.763. The highest BCUT2D eigenvalue weighted by molar-refractivity contribution is 5.96. The quantitative estimate of drug-likeness (QED) is 0.465. The maximum Gasteiger partial charge on any atom is 0.328 e. The van der Waals surface area contributed by atoms with Crippen LogP contribution in [0.3, 0.4) is 0 Å². The molecule has 3 N–H and O–H groups in total. The van der Waals surface area contributed by atoms with Crippen molar-refractivity contribution in [2.75, 3.05) is 6.61 Å². The summed E-state index contributed by atoms with van der Waals surface area (Å²) in [5, 5.41) is 10.5. The third kappa shape index (κ3) is 2.87. The normalized spacial score (nSPS) is 20.9. The van der Waals surface area contributed by atoms with Crippen LogP contribution in [0.1, 0.15) is 0 Å². The van der Waals surface area contributed by atoms with Gasteiger partial charge in [-0.3, -0.25) is 14.4 Å². The van der Waals surface area contributed by atoms with Crippen LogP contribution in [0.25, 0.3) is 0 Å². The van der Waals surface area contributed by atoms with E-state index in [2.05, 4.69) is 10.2 Å². The summed E-state index contributed by atoms with van der Waals surface area (Å²) in [6.45, 7) is 0.0332. The van der Waals surface area contributed by atoms with Gasteiger partial charge in [0.05, 0.1) is 0 Å². The van der Waals surface area contributed by atoms with Gasteiger partial charge in [0.15, 0.2) is 0 Å². The third-order valence-electron chi connectivity index (χ3n) is 1.43. The Hall–Kier alpha value is -1.89. The summed E-state index contributed by atoms with van der Waals surface area (Å²) in [5.41, 5.74) is 2.05. The molecule has 0 saturated carbocycles. The summed E-state index contributed by atoms with van der Waals surface area (Å²) in [5.74, 6) is -2.34. The average Bonchev–Trinajstić information content (AvgIpc) is 2.49. The van der Waals surface area contributed by atoms with Gasteiger partial charge in [-0.05, 0) is 0 Å². The van der Waals surface area contributed by atoms with E-state index in [0.29, 0.717) is 6.08 Å². The van der Waals surface area contributed by atoms with Crippen molar-refractivity contribution in [3.05, 3.63) is 12.2 Å². The number of aliphatic carboxylic acids is 1. The van der Waals surface area contributed by atoms with Gasteiger partial charge < -0.3 is 10.4 Å². The van der Waals surface area contributed by atoms with E-state index in [4.69, 9.17) is 5.11 Å². The van der Waals surface area contributed by atoms with Gasteiger partial charge in [0, 0.05) is 12.2 Å². The van der Waals surface area contributed by atoms with Gasteiger partial charge in [0.25, 0.3) is 5.91 Å². The molecule has 1 fully saturated rings. The Kier molecular flexibility index (Phi) is 3.19. The van der Waals surface area contributed by atoms with E-state index in [1.807, 2.05) is 5.48 Å². The number of carbonyl (C=O) groups excluding carboxylic acids is 2. The second kappa shape index (κ2) is 4.38. The highest BCUT2D eigenvalue weighted by atomic mass is 16.7. The maximum atomic E-state index is 11.0. The van der Waals surface area contributed by atoms with E-state index in [-0.39, 0.29) is 6.61 Å². The number of carboxylic acid groups (broad SMARTS) is 1. The van der Waals surface area contributed by atoms with Crippen LogP contribution in [-0.2, 0) is 19.2 Å². The summed E-state index contributed by atoms with van der Waals surface area (Å²) >= 11 is 0. The van der Waals surface area contributed by atoms with Gasteiger partial charge in [0.2, 0.25) is 5.91 Å². The van der Waals surface area contributed by atoms with E-state index < -0.39 is 23.8 Å². The fourth-order valence-electron chi connectivity index (χ4n) is 0.817. The summed E-state index contributed by atoms with van der Waals surface area (Å²) in [4.78, 5) is 36.4. The highest BCUT2D eigenvalue weighted by Gasteiger charge is 2.26. The van der Waals surface area contributed by atoms with Crippen LogP contribution in [-0.4, -0.2) is 35.5 Å². The average molecular weight is 200 g/mol. The zero-order valence-electron chi connectivity index (χ0n) is 7.02. The van der Waals surface area contributed by atoms with Crippen LogP contribution in [0.15, 0.2) is 12.2 Å². The first-order valence-corrected chi connectivity index (χ1v) is 3.73. The lowest BCUT2D eigenvalue weighted by Gasteiger charge is -2.04. The van der Waals surface area contributed by atoms with Crippen molar-refractivity contribution in [2.45, 2.75) is 6.04 Å². The zero-order chi connectivity index (χ0) is 10.6. The van der Waals surface area contributed by atoms with E-state index in [1.165, 1.54) is 0 Å². The second-order valence-electron chi connectivity index (χ2n) is 2.51. The molecule has 0 unspecified atom stereocenters. The number of hydroxylamine groups is 1. The molecule has 14 heavy (non-hydrogen) atoms. The Morgan fingerprint density at radius 3 is 2.79 bits per heavy atom. The fourth-order valence-corrected chi connectivity index (χ4v) is 0.817. The Morgan fingerprint density at radius 2 is 2.29 bits per heavy atom. The van der Waals surface area contributed by atoms with Gasteiger partial charge in [-0.15, -0.1) is 0 Å². The van der Waals surface area contributed by atoms with Crippen molar-refractivity contribution in [3.8, 4) is 0 Å². The summed E-state index contributed by atoms with van der Waals surface area (Å²) < 4.78 is 0. The Labute approximate surface area is 78.7 Å². The standard InChI is InChI=1S/C7H8N2O5/c10-5(1-2-6(11)12)8-4-3-14-9-7(4)13/h1-2,4H,3H2,(H,8,10)(H,9,13)(H,11,12)/t4-/m1/s1. The fraction of sp³-hybridized carbons (Fsp3) is 0.286. The number of rotatable bonds is 3. The van der Waals surface area contributed by atoms with Crippen molar-refractivity contribution < 1.29 is 24.3 Å². The first kappa shape index (κ1) is 10.2. The minimum atomic E-state index is -1.23. The van der Waals surface area contributed by atoms with E-state index in [1.54, 1.807) is 0 Å². The maximum absolute atomic E-state index is 11.0. The Morgan fingerprint density at radius 1 is 1.57 bits per heavy atom. The van der Waals surface area contributed by atoms with Crippen LogP contribution < -0.4 is 10.8 Å². The van der Waals surface area contributed by atoms with Crippen molar-refractivity contribution in [1.82, 2.24) is 10.8 Å². The second-order valence-corrected chi connectivity index (χ2v) is 2.51. The minimum absolute atomic E-state index is 0.0332. The first-order valence-electron chi connectivity index (χ1n) is 3.73. The smallest absolute Gasteiger partial charge is 0.328 e. The van der Waals surface area contributed by atoms with Crippen LogP contribution in [0.2, 0.25) is 0 Å². The van der Waals surface area contributed by atoms with E-state index >= 15 is 0 Å². The molecule has 0 bridgehead atoms. The molecule has 0 aliphatic carbocycles. The molecule has 7 nitrogen and oxygen atoms in total. The largest absolute Gasteiger partial charge is 0.478 e. The number of amides is 2. The molecule has 0 aromatic heterocycles. The molecule has 1 aliphatic rings. The molecule has 0 aromatic rings. The predicted octanol–water partition coefficient (Wildman–Crippen LogP) is -1.83. The van der Waals surface area contributed by atoms with E-state index in [9.17, 15) is 14.4 Å². The highest BCUT2D eigenvalue weighted by Crippen LogP contribution is 1.93. The van der Waals surface area contributed by atoms with Crippen LogP contribution in [0.5, 0.6) is 0 Å². The molecule has 1 saturated heterocycles. The third-order valence-corrected chi connectivity index (χ3v) is 1.43. The molecule has 76 valence electrons. The molecule has 1 aliphatic heterocycles. The number of carbonyl (C=O) groups is 3. The zero-order valence-corrected chi connectivity index (χ0v) is 7.02. The molecule has 2 amide bonds. The lowest BCUT2D eigenvalue weighted by atomic mass is 10.3. The van der Waals surface area contributed by atoms with Crippen LogP contribution >= 0.6 is 0 Å². The topological polar surface area (TPSA) is 105 Å². The van der Waals surface area contributed by atoms with Crippen molar-refractivity contribution >= 4 is 17.8 Å². The van der Waals surface area contributed by atoms with Crippen molar-refractivity contribution in [2.24, 2.45) is 0 Å². The SMILES string of the molecule is O=C(O)C=CC(=O)N[C@@H]1CONC1=O. The Balaban J connectivity index is 2.40. The van der Waals surface area contributed by atoms with Gasteiger partial charge in [-0.2, -0.15) is 0 Å². The van der Waals surface area contributed by atoms with Crippen LogP contribution in [0, 0.1) is 0 Å². The van der Waals surface area contributed by atoms with Gasteiger partial charge >= 0.3 is 5.97 Å². The molecular weight excluding hydrogens is 192 g/mol. The molecular formula is C7H8N2O5. The van der Waals surface area contributed by atoms with Gasteiger partial charge in [0.1, 0.15) is 12.6 Å². The van der Waals surface area contributed by atoms with Crippen molar-refractivity contribution in [1.29, 1.82) is 0 Å². The Bertz CT molecular complexity index is 298. The number of nitrogens with one attached hydrogen (secondary N) is 2. The molecule has 1 atom stereocenters. The first-order chi connectivity index (χ1) is 6.59. The lowest BCUT2D eigenvalue weighted by Crippen LogP contribution is -2.40. The number of hydrogen-bond acceptors (Lipinski definition) is 4. The molecule has 0 aromatic carbocycles. The van der Waals surface area contributed by atoms with Gasteiger partial charge in [-0.1, -0.05) is 0 Å². The van der Waals surface area contributed by atoms with E-state index in [0.717, 1.165) is 6.08 Å². The van der Waals surface area contributed by atoms with Gasteiger partial charge in [-0.25, -0.2) is 10.3 Å². The monoisotopic (exact) mass is 200 g/mol. The lowest BCUT2D eigenvalue weighted by molar-refractivity contribution is -0.131. The summed E-state index contributed by atoms with van der Waals surface area (Å²) in [7, 11) is 0. The molecule has 7 heteroatoms. The van der Waals surface area contributed by atoms with Crippen molar-refractivity contribution in [3.63, 3.8) is 0 Å². The minimum Gasteiger partial charge on any atom is -0.478 e. The molecule has 0 radical (unpaired) electrons. The molecule has 1 heterocycles. The predicted molar refractivity (Wildman–Crippen MR) is 42.8 cm³/mol. The molecule has 0 spiro atoms. The number of carboxylic acids is 1. The molecule has 1 rings (SSSR count). The summed E-state index contributed by atoms with van der Waals surface area (Å²) in [6.07, 6.45) is 1.51. The number of hydrogen-bond donors (Lipinski definition) is 3. The van der Waals surface area contributed by atoms with Crippen LogP contribution in [0.4, 0.5) is 0 Å².